The number of carbonyl (C=O) groups excluding carboxylic acids is 1. The Hall–Kier alpha value is -1.85. The summed E-state index contributed by atoms with van der Waals surface area (Å²) in [7, 11) is -3.51. The number of carbonyl (C=O) groups is 1. The van der Waals surface area contributed by atoms with Crippen LogP contribution in [0.25, 0.3) is 0 Å². The second-order valence-electron chi connectivity index (χ2n) is 5.29. The fourth-order valence-corrected chi connectivity index (χ4v) is 3.54. The molecular formula is C17H18ClNO3S. The van der Waals surface area contributed by atoms with Crippen molar-refractivity contribution in [3.8, 4) is 0 Å². The van der Waals surface area contributed by atoms with Crippen LogP contribution in [0.15, 0.2) is 53.4 Å². The van der Waals surface area contributed by atoms with Crippen molar-refractivity contribution in [3.05, 3.63) is 64.7 Å². The van der Waals surface area contributed by atoms with E-state index in [2.05, 4.69) is 5.32 Å². The van der Waals surface area contributed by atoms with E-state index < -0.39 is 9.84 Å². The molecule has 4 nitrogen and oxygen atoms in total. The molecule has 122 valence electrons. The summed E-state index contributed by atoms with van der Waals surface area (Å²) in [5, 5.41) is 3.08. The molecule has 0 radical (unpaired) electrons. The second-order valence-corrected chi connectivity index (χ2v) is 7.83. The van der Waals surface area contributed by atoms with Gasteiger partial charge in [-0.15, -0.1) is 0 Å². The third-order valence-corrected chi connectivity index (χ3v) is 5.31. The molecule has 0 aliphatic heterocycles. The van der Waals surface area contributed by atoms with Gasteiger partial charge in [-0.3, -0.25) is 4.79 Å². The van der Waals surface area contributed by atoms with Crippen LogP contribution >= 0.6 is 11.6 Å². The molecule has 1 N–H and O–H groups in total. The lowest BCUT2D eigenvalue weighted by atomic mass is 10.1. The van der Waals surface area contributed by atoms with Crippen molar-refractivity contribution in [1.82, 2.24) is 5.32 Å². The van der Waals surface area contributed by atoms with Gasteiger partial charge < -0.3 is 5.32 Å². The minimum absolute atomic E-state index is 0.0826. The molecule has 0 unspecified atom stereocenters. The van der Waals surface area contributed by atoms with Gasteiger partial charge in [0.05, 0.1) is 10.6 Å². The van der Waals surface area contributed by atoms with Crippen LogP contribution < -0.4 is 5.32 Å². The molecule has 1 amide bonds. The first-order valence-corrected chi connectivity index (χ1v) is 9.20. The number of rotatable bonds is 6. The van der Waals surface area contributed by atoms with E-state index in [0.717, 1.165) is 11.1 Å². The molecule has 2 aromatic carbocycles. The number of aryl methyl sites for hydroxylation is 1. The molecule has 0 bridgehead atoms. The lowest BCUT2D eigenvalue weighted by Crippen LogP contribution is -2.25. The zero-order valence-corrected chi connectivity index (χ0v) is 14.3. The van der Waals surface area contributed by atoms with Gasteiger partial charge in [0.15, 0.2) is 9.84 Å². The number of benzene rings is 2. The monoisotopic (exact) mass is 351 g/mol. The standard InChI is InChI=1S/C17H18ClNO3S/c1-13-5-7-14(8-6-13)12-19-17(20)9-10-23(21,22)16-4-2-3-15(18)11-16/h2-8,11H,9-10,12H2,1H3,(H,19,20). The summed E-state index contributed by atoms with van der Waals surface area (Å²) in [5.41, 5.74) is 2.12. The van der Waals surface area contributed by atoms with Crippen LogP contribution in [0.1, 0.15) is 17.5 Å². The van der Waals surface area contributed by atoms with E-state index in [1.807, 2.05) is 31.2 Å². The Labute approximate surface area is 141 Å². The summed E-state index contributed by atoms with van der Waals surface area (Å²) < 4.78 is 24.3. The first-order chi connectivity index (χ1) is 10.9. The van der Waals surface area contributed by atoms with Gasteiger partial charge in [0.1, 0.15) is 0 Å². The van der Waals surface area contributed by atoms with E-state index in [0.29, 0.717) is 11.6 Å². The highest BCUT2D eigenvalue weighted by atomic mass is 35.5. The third-order valence-electron chi connectivity index (χ3n) is 3.36. The van der Waals surface area contributed by atoms with Crippen molar-refractivity contribution in [2.24, 2.45) is 0 Å². The van der Waals surface area contributed by atoms with E-state index in [4.69, 9.17) is 11.6 Å². The van der Waals surface area contributed by atoms with E-state index in [1.165, 1.54) is 12.1 Å². The average molecular weight is 352 g/mol. The maximum Gasteiger partial charge on any atom is 0.221 e. The second kappa shape index (κ2) is 7.62. The lowest BCUT2D eigenvalue weighted by Gasteiger charge is -2.07. The predicted octanol–water partition coefficient (Wildman–Crippen LogP) is 3.13. The molecule has 0 aromatic heterocycles. The van der Waals surface area contributed by atoms with E-state index >= 15 is 0 Å². The maximum atomic E-state index is 12.2. The molecule has 0 fully saturated rings. The SMILES string of the molecule is Cc1ccc(CNC(=O)CCS(=O)(=O)c2cccc(Cl)c2)cc1. The van der Waals surface area contributed by atoms with Gasteiger partial charge in [0, 0.05) is 18.0 Å². The van der Waals surface area contributed by atoms with E-state index in [1.54, 1.807) is 12.1 Å². The summed E-state index contributed by atoms with van der Waals surface area (Å²) >= 11 is 5.80. The molecule has 0 aliphatic carbocycles. The number of hydrogen-bond acceptors (Lipinski definition) is 3. The van der Waals surface area contributed by atoms with E-state index in [-0.39, 0.29) is 23.0 Å². The van der Waals surface area contributed by atoms with Gasteiger partial charge >= 0.3 is 0 Å². The Morgan fingerprint density at radius 1 is 1.13 bits per heavy atom. The van der Waals surface area contributed by atoms with Crippen molar-refractivity contribution < 1.29 is 13.2 Å². The minimum atomic E-state index is -3.51. The van der Waals surface area contributed by atoms with Crippen molar-refractivity contribution in [1.29, 1.82) is 0 Å². The highest BCUT2D eigenvalue weighted by molar-refractivity contribution is 7.91. The first-order valence-electron chi connectivity index (χ1n) is 7.17. The topological polar surface area (TPSA) is 63.2 Å². The van der Waals surface area contributed by atoms with Crippen molar-refractivity contribution in [3.63, 3.8) is 0 Å². The molecule has 0 spiro atoms. The zero-order valence-electron chi connectivity index (χ0n) is 12.8. The predicted molar refractivity (Wildman–Crippen MR) is 91.1 cm³/mol. The van der Waals surface area contributed by atoms with Gasteiger partial charge in [-0.1, -0.05) is 47.5 Å². The molecule has 2 aromatic rings. The molecule has 23 heavy (non-hydrogen) atoms. The van der Waals surface area contributed by atoms with Gasteiger partial charge in [0.2, 0.25) is 5.91 Å². The Bertz CT molecular complexity index is 786. The fourth-order valence-electron chi connectivity index (χ4n) is 2.00. The summed E-state index contributed by atoms with van der Waals surface area (Å²) in [6.45, 7) is 2.37. The summed E-state index contributed by atoms with van der Waals surface area (Å²) in [5.74, 6) is -0.538. The molecule has 2 rings (SSSR count). The number of halogens is 1. The fraction of sp³-hybridized carbons (Fsp3) is 0.235. The zero-order chi connectivity index (χ0) is 16.9. The smallest absolute Gasteiger partial charge is 0.221 e. The Morgan fingerprint density at radius 3 is 2.48 bits per heavy atom. The minimum Gasteiger partial charge on any atom is -0.352 e. The van der Waals surface area contributed by atoms with Crippen LogP contribution in [-0.2, 0) is 21.2 Å². The van der Waals surface area contributed by atoms with Crippen LogP contribution in [0, 0.1) is 6.92 Å². The molecule has 0 aliphatic rings. The molecule has 0 heterocycles. The highest BCUT2D eigenvalue weighted by Crippen LogP contribution is 2.17. The lowest BCUT2D eigenvalue weighted by molar-refractivity contribution is -0.120. The molecule has 0 saturated heterocycles. The van der Waals surface area contributed by atoms with Gasteiger partial charge in [-0.05, 0) is 30.7 Å². The Balaban J connectivity index is 1.87. The highest BCUT2D eigenvalue weighted by Gasteiger charge is 2.16. The average Bonchev–Trinajstić information content (AvgIpc) is 2.52. The molecular weight excluding hydrogens is 334 g/mol. The van der Waals surface area contributed by atoms with Crippen LogP contribution in [0.3, 0.4) is 0 Å². The Kier molecular flexibility index (Phi) is 5.80. The number of nitrogens with one attached hydrogen (secondary N) is 1. The van der Waals surface area contributed by atoms with Gasteiger partial charge in [-0.25, -0.2) is 8.42 Å². The number of sulfone groups is 1. The number of hydrogen-bond donors (Lipinski definition) is 1. The first kappa shape index (κ1) is 17.5. The normalized spacial score (nSPS) is 11.2. The molecule has 0 saturated carbocycles. The summed E-state index contributed by atoms with van der Waals surface area (Å²) in [6, 6.07) is 13.8. The summed E-state index contributed by atoms with van der Waals surface area (Å²) in [6.07, 6.45) is -0.0826. The van der Waals surface area contributed by atoms with Gasteiger partial charge in [-0.2, -0.15) is 0 Å². The maximum absolute atomic E-state index is 12.2. The van der Waals surface area contributed by atoms with Gasteiger partial charge in [0.25, 0.3) is 0 Å². The Morgan fingerprint density at radius 2 is 1.83 bits per heavy atom. The molecule has 6 heteroatoms. The largest absolute Gasteiger partial charge is 0.352 e. The van der Waals surface area contributed by atoms with Crippen LogP contribution in [0.5, 0.6) is 0 Å². The summed E-state index contributed by atoms with van der Waals surface area (Å²) in [4.78, 5) is 12.0. The van der Waals surface area contributed by atoms with Crippen LogP contribution in [-0.4, -0.2) is 20.1 Å². The van der Waals surface area contributed by atoms with Crippen LogP contribution in [0.4, 0.5) is 0 Å². The third kappa shape index (κ3) is 5.37. The number of amides is 1. The van der Waals surface area contributed by atoms with Crippen LogP contribution in [0.2, 0.25) is 5.02 Å². The van der Waals surface area contributed by atoms with Crippen molar-refractivity contribution >= 4 is 27.3 Å². The van der Waals surface area contributed by atoms with Crippen molar-refractivity contribution in [2.75, 3.05) is 5.75 Å². The molecule has 0 atom stereocenters. The van der Waals surface area contributed by atoms with Crippen molar-refractivity contribution in [2.45, 2.75) is 24.8 Å². The quantitative estimate of drug-likeness (QED) is 0.869. The van der Waals surface area contributed by atoms with E-state index in [9.17, 15) is 13.2 Å².